The Labute approximate surface area is 112 Å². The van der Waals surface area contributed by atoms with Crippen LogP contribution in [-0.2, 0) is 6.42 Å². The minimum atomic E-state index is -1.26. The van der Waals surface area contributed by atoms with Gasteiger partial charge in [0.15, 0.2) is 0 Å². The molecule has 104 valence electrons. The Bertz CT molecular complexity index is 712. The molecule has 0 amide bonds. The Balaban J connectivity index is 2.44. The van der Waals surface area contributed by atoms with Crippen LogP contribution in [0, 0.1) is 5.82 Å². The van der Waals surface area contributed by atoms with Gasteiger partial charge in [-0.05, 0) is 12.1 Å². The molecule has 0 bridgehead atoms. The van der Waals surface area contributed by atoms with E-state index in [4.69, 9.17) is 9.84 Å². The highest BCUT2D eigenvalue weighted by Gasteiger charge is 2.14. The molecule has 0 atom stereocenters. The van der Waals surface area contributed by atoms with Gasteiger partial charge in [-0.1, -0.05) is 6.92 Å². The predicted octanol–water partition coefficient (Wildman–Crippen LogP) is 1.96. The Hall–Kier alpha value is -2.70. The van der Waals surface area contributed by atoms with Crippen LogP contribution in [0.15, 0.2) is 29.1 Å². The lowest BCUT2D eigenvalue weighted by Gasteiger charge is -2.08. The third kappa shape index (κ3) is 3.00. The van der Waals surface area contributed by atoms with E-state index in [-0.39, 0.29) is 17.2 Å². The van der Waals surface area contributed by atoms with Crippen molar-refractivity contribution < 1.29 is 19.0 Å². The van der Waals surface area contributed by atoms with Gasteiger partial charge in [0.25, 0.3) is 5.56 Å². The fraction of sp³-hybridized carbons (Fsp3) is 0.154. The third-order valence-electron chi connectivity index (χ3n) is 2.49. The molecule has 2 rings (SSSR count). The Morgan fingerprint density at radius 3 is 2.85 bits per heavy atom. The molecule has 0 saturated carbocycles. The van der Waals surface area contributed by atoms with E-state index in [9.17, 15) is 14.0 Å². The van der Waals surface area contributed by atoms with Crippen LogP contribution in [0.1, 0.15) is 23.1 Å². The fourth-order valence-electron chi connectivity index (χ4n) is 1.57. The molecule has 6 nitrogen and oxygen atoms in total. The van der Waals surface area contributed by atoms with Gasteiger partial charge in [-0.3, -0.25) is 4.79 Å². The molecule has 7 heteroatoms. The summed E-state index contributed by atoms with van der Waals surface area (Å²) in [5.41, 5.74) is -0.647. The summed E-state index contributed by atoms with van der Waals surface area (Å²) < 4.78 is 18.4. The Kier molecular flexibility index (Phi) is 3.79. The van der Waals surface area contributed by atoms with Crippen LogP contribution in [0.4, 0.5) is 4.39 Å². The van der Waals surface area contributed by atoms with E-state index in [2.05, 4.69) is 9.97 Å². The third-order valence-corrected chi connectivity index (χ3v) is 2.49. The number of carboxylic acids is 1. The van der Waals surface area contributed by atoms with E-state index in [0.29, 0.717) is 12.2 Å². The number of H-pyrrole nitrogens is 1. The number of ether oxygens (including phenoxy) is 1. The van der Waals surface area contributed by atoms with Crippen molar-refractivity contribution in [3.05, 3.63) is 51.8 Å². The second kappa shape index (κ2) is 5.52. The largest absolute Gasteiger partial charge is 0.478 e. The van der Waals surface area contributed by atoms with Gasteiger partial charge in [-0.2, -0.15) is 4.98 Å². The molecule has 20 heavy (non-hydrogen) atoms. The zero-order valence-corrected chi connectivity index (χ0v) is 10.5. The van der Waals surface area contributed by atoms with Crippen LogP contribution in [0.5, 0.6) is 11.6 Å². The second-order valence-electron chi connectivity index (χ2n) is 3.93. The number of carboxylic acid groups (broad SMARTS) is 1. The number of aromatic amines is 1. The maximum Gasteiger partial charge on any atom is 0.339 e. The smallest absolute Gasteiger partial charge is 0.339 e. The van der Waals surface area contributed by atoms with Gasteiger partial charge in [-0.25, -0.2) is 9.18 Å². The number of aromatic nitrogens is 2. The van der Waals surface area contributed by atoms with Crippen molar-refractivity contribution >= 4 is 5.97 Å². The van der Waals surface area contributed by atoms with Gasteiger partial charge in [0.2, 0.25) is 5.88 Å². The normalized spacial score (nSPS) is 10.3. The van der Waals surface area contributed by atoms with Crippen LogP contribution in [0.25, 0.3) is 0 Å². The molecule has 0 saturated heterocycles. The highest BCUT2D eigenvalue weighted by Crippen LogP contribution is 2.24. The first-order valence-corrected chi connectivity index (χ1v) is 5.80. The Morgan fingerprint density at radius 1 is 1.45 bits per heavy atom. The van der Waals surface area contributed by atoms with Gasteiger partial charge in [-0.15, -0.1) is 0 Å². The number of benzene rings is 1. The van der Waals surface area contributed by atoms with Crippen molar-refractivity contribution in [2.24, 2.45) is 0 Å². The molecule has 0 spiro atoms. The van der Waals surface area contributed by atoms with Gasteiger partial charge in [0.05, 0.1) is 6.07 Å². The van der Waals surface area contributed by atoms with Gasteiger partial charge in [0.1, 0.15) is 23.0 Å². The lowest BCUT2D eigenvalue weighted by Crippen LogP contribution is -2.11. The summed E-state index contributed by atoms with van der Waals surface area (Å²) in [7, 11) is 0. The molecule has 1 aromatic carbocycles. The minimum Gasteiger partial charge on any atom is -0.478 e. The van der Waals surface area contributed by atoms with E-state index in [1.54, 1.807) is 6.92 Å². The van der Waals surface area contributed by atoms with Gasteiger partial charge >= 0.3 is 5.97 Å². The number of aromatic carboxylic acids is 1. The summed E-state index contributed by atoms with van der Waals surface area (Å²) in [5.74, 6) is -1.82. The molecule has 0 unspecified atom stereocenters. The molecule has 1 aromatic heterocycles. The monoisotopic (exact) mass is 278 g/mol. The number of rotatable bonds is 4. The van der Waals surface area contributed by atoms with Crippen molar-refractivity contribution in [1.82, 2.24) is 9.97 Å². The molecule has 0 aliphatic rings. The SMILES string of the molecule is CCc1nc(Oc2cc(F)ccc2C(=O)O)cc(=O)[nH]1. The number of nitrogens with one attached hydrogen (secondary N) is 1. The zero-order valence-electron chi connectivity index (χ0n) is 10.5. The summed E-state index contributed by atoms with van der Waals surface area (Å²) in [6.07, 6.45) is 0.474. The summed E-state index contributed by atoms with van der Waals surface area (Å²) in [5, 5.41) is 9.00. The predicted molar refractivity (Wildman–Crippen MR) is 67.7 cm³/mol. The van der Waals surface area contributed by atoms with Crippen molar-refractivity contribution in [2.75, 3.05) is 0 Å². The van der Waals surface area contributed by atoms with Crippen LogP contribution in [-0.4, -0.2) is 21.0 Å². The highest BCUT2D eigenvalue weighted by molar-refractivity contribution is 5.90. The van der Waals surface area contributed by atoms with E-state index in [0.717, 1.165) is 24.3 Å². The quantitative estimate of drug-likeness (QED) is 0.891. The van der Waals surface area contributed by atoms with Crippen LogP contribution < -0.4 is 10.3 Å². The number of aryl methyl sites for hydroxylation is 1. The highest BCUT2D eigenvalue weighted by atomic mass is 19.1. The summed E-state index contributed by atoms with van der Waals surface area (Å²) in [6.45, 7) is 1.78. The maximum atomic E-state index is 13.2. The first-order valence-electron chi connectivity index (χ1n) is 5.80. The number of hydrogen-bond acceptors (Lipinski definition) is 4. The molecule has 0 aliphatic carbocycles. The summed E-state index contributed by atoms with van der Waals surface area (Å²) in [4.78, 5) is 28.9. The minimum absolute atomic E-state index is 0.0845. The van der Waals surface area contributed by atoms with Crippen LogP contribution >= 0.6 is 0 Å². The summed E-state index contributed by atoms with van der Waals surface area (Å²) >= 11 is 0. The lowest BCUT2D eigenvalue weighted by molar-refractivity contribution is 0.0694. The van der Waals surface area contributed by atoms with Crippen LogP contribution in [0.2, 0.25) is 0 Å². The average molecular weight is 278 g/mol. The molecule has 0 fully saturated rings. The Morgan fingerprint density at radius 2 is 2.20 bits per heavy atom. The standard InChI is InChI=1S/C13H11FN2O4/c1-2-10-15-11(17)6-12(16-10)20-9-5-7(14)3-4-8(9)13(18)19/h3-6H,2H2,1H3,(H,18,19)(H,15,16,17). The van der Waals surface area contributed by atoms with E-state index >= 15 is 0 Å². The number of hydrogen-bond donors (Lipinski definition) is 2. The van der Waals surface area contributed by atoms with Crippen molar-refractivity contribution in [3.8, 4) is 11.6 Å². The van der Waals surface area contributed by atoms with E-state index in [1.807, 2.05) is 0 Å². The number of halogens is 1. The number of nitrogens with zero attached hydrogens (tertiary/aromatic N) is 1. The second-order valence-corrected chi connectivity index (χ2v) is 3.93. The van der Waals surface area contributed by atoms with Crippen LogP contribution in [0.3, 0.4) is 0 Å². The molecule has 2 N–H and O–H groups in total. The zero-order chi connectivity index (χ0) is 14.7. The average Bonchev–Trinajstić information content (AvgIpc) is 2.37. The maximum absolute atomic E-state index is 13.2. The number of carbonyl (C=O) groups is 1. The molecular formula is C13H11FN2O4. The molecular weight excluding hydrogens is 267 g/mol. The van der Waals surface area contributed by atoms with Crippen molar-refractivity contribution in [1.29, 1.82) is 0 Å². The first kappa shape index (κ1) is 13.7. The van der Waals surface area contributed by atoms with Crippen molar-refractivity contribution in [2.45, 2.75) is 13.3 Å². The molecule has 2 aromatic rings. The summed E-state index contributed by atoms with van der Waals surface area (Å²) in [6, 6.07) is 4.09. The van der Waals surface area contributed by atoms with Gasteiger partial charge < -0.3 is 14.8 Å². The molecule has 0 radical (unpaired) electrons. The molecule has 0 aliphatic heterocycles. The van der Waals surface area contributed by atoms with Crippen molar-refractivity contribution in [3.63, 3.8) is 0 Å². The topological polar surface area (TPSA) is 92.3 Å². The van der Waals surface area contributed by atoms with Gasteiger partial charge in [0, 0.05) is 12.5 Å². The van der Waals surface area contributed by atoms with E-state index in [1.165, 1.54) is 0 Å². The molecule has 1 heterocycles. The first-order chi connectivity index (χ1) is 9.49. The lowest BCUT2D eigenvalue weighted by atomic mass is 10.2. The fourth-order valence-corrected chi connectivity index (χ4v) is 1.57. The van der Waals surface area contributed by atoms with E-state index < -0.39 is 17.3 Å².